The van der Waals surface area contributed by atoms with E-state index in [0.717, 1.165) is 65.6 Å². The summed E-state index contributed by atoms with van der Waals surface area (Å²) < 4.78 is 25.1. The first-order valence-corrected chi connectivity index (χ1v) is 16.1. The molecule has 1 saturated heterocycles. The number of ether oxygens (including phenoxy) is 4. The minimum atomic E-state index is -0.891. The van der Waals surface area contributed by atoms with Gasteiger partial charge in [-0.25, -0.2) is 0 Å². The largest absolute Gasteiger partial charge is 0.497 e. The molecule has 0 bridgehead atoms. The summed E-state index contributed by atoms with van der Waals surface area (Å²) in [7, 11) is 1.69. The van der Waals surface area contributed by atoms with Crippen LogP contribution in [0.3, 0.4) is 0 Å². The Balaban J connectivity index is 1.38. The molecule has 1 fully saturated rings. The molecule has 0 aromatic heterocycles. The molecule has 0 N–H and O–H groups in total. The van der Waals surface area contributed by atoms with Gasteiger partial charge in [-0.3, -0.25) is 0 Å². The Morgan fingerprint density at radius 3 is 1.93 bits per heavy atom. The number of nitrogens with zero attached hydrogens (tertiary/aromatic N) is 1. The molecule has 2 aliphatic rings. The summed E-state index contributed by atoms with van der Waals surface area (Å²) in [6.45, 7) is 7.40. The molecule has 230 valence electrons. The molecule has 0 saturated carbocycles. The minimum Gasteiger partial charge on any atom is -0.497 e. The van der Waals surface area contributed by atoms with Gasteiger partial charge >= 0.3 is 0 Å². The van der Waals surface area contributed by atoms with Crippen molar-refractivity contribution in [3.8, 4) is 17.2 Å². The molecule has 5 heteroatoms. The molecule has 0 aliphatic carbocycles. The van der Waals surface area contributed by atoms with Gasteiger partial charge in [-0.2, -0.15) is 0 Å². The predicted octanol–water partition coefficient (Wildman–Crippen LogP) is 9.13. The summed E-state index contributed by atoms with van der Waals surface area (Å²) in [5.74, 6) is 2.29. The number of methoxy groups -OCH3 is 1. The molecule has 0 spiro atoms. The molecule has 2 heterocycles. The highest BCUT2D eigenvalue weighted by Crippen LogP contribution is 2.51. The van der Waals surface area contributed by atoms with E-state index in [-0.39, 0.29) is 6.10 Å². The summed E-state index contributed by atoms with van der Waals surface area (Å²) in [6.07, 6.45) is 4.42. The lowest BCUT2D eigenvalue weighted by Crippen LogP contribution is -2.37. The third-order valence-corrected chi connectivity index (χ3v) is 9.29. The lowest BCUT2D eigenvalue weighted by molar-refractivity contribution is 0.122. The molecule has 8 rings (SSSR count). The van der Waals surface area contributed by atoms with Crippen molar-refractivity contribution in [2.45, 2.75) is 25.6 Å². The fourth-order valence-corrected chi connectivity index (χ4v) is 7.11. The summed E-state index contributed by atoms with van der Waals surface area (Å²) in [6, 6.07) is 36.5. The van der Waals surface area contributed by atoms with Crippen LogP contribution in [0.2, 0.25) is 0 Å². The first-order valence-electron chi connectivity index (χ1n) is 16.1. The van der Waals surface area contributed by atoms with Crippen LogP contribution in [0.15, 0.2) is 109 Å². The summed E-state index contributed by atoms with van der Waals surface area (Å²) in [5, 5.41) is 7.18. The quantitative estimate of drug-likeness (QED) is 0.177. The molecule has 46 heavy (non-hydrogen) atoms. The molecule has 0 amide bonds. The van der Waals surface area contributed by atoms with Crippen molar-refractivity contribution in [3.05, 3.63) is 126 Å². The first kappa shape index (κ1) is 28.5. The number of hydrogen-bond donors (Lipinski definition) is 0. The number of morpholine rings is 1. The van der Waals surface area contributed by atoms with E-state index >= 15 is 0 Å². The fraction of sp³-hybridized carbons (Fsp3) is 0.220. The van der Waals surface area contributed by atoms with Crippen molar-refractivity contribution >= 4 is 44.1 Å². The Hall–Kier alpha value is -5.00. The second kappa shape index (κ2) is 11.4. The monoisotopic (exact) mass is 607 g/mol. The van der Waals surface area contributed by atoms with Crippen molar-refractivity contribution in [2.24, 2.45) is 0 Å². The van der Waals surface area contributed by atoms with Gasteiger partial charge < -0.3 is 23.8 Å². The highest BCUT2D eigenvalue weighted by Gasteiger charge is 2.39. The fourth-order valence-electron chi connectivity index (χ4n) is 7.11. The van der Waals surface area contributed by atoms with E-state index in [9.17, 15) is 0 Å². The molecule has 1 atom stereocenters. The van der Waals surface area contributed by atoms with Gasteiger partial charge in [0.15, 0.2) is 17.1 Å². The van der Waals surface area contributed by atoms with E-state index in [2.05, 4.69) is 122 Å². The van der Waals surface area contributed by atoms with Crippen LogP contribution in [0, 0.1) is 0 Å². The highest BCUT2D eigenvalue weighted by atomic mass is 16.5. The Morgan fingerprint density at radius 1 is 0.717 bits per heavy atom. The summed E-state index contributed by atoms with van der Waals surface area (Å²) in [5.41, 5.74) is 3.37. The standard InChI is InChI=1S/C41H37NO4/c1-27(2)45-38-26-37-34-10-5-4-8-32(34)33-9-6-7-11-35(33)39(37)36-20-21-41(46-40(36)38,29-14-18-31(43-3)19-15-29)28-12-16-30(17-13-28)42-22-24-44-25-23-42/h4-21,26-27H,22-25H2,1-3H3. The summed E-state index contributed by atoms with van der Waals surface area (Å²) >= 11 is 0. The maximum atomic E-state index is 7.37. The van der Waals surface area contributed by atoms with E-state index in [1.54, 1.807) is 7.11 Å². The average molecular weight is 608 g/mol. The third-order valence-electron chi connectivity index (χ3n) is 9.29. The van der Waals surface area contributed by atoms with Gasteiger partial charge in [-0.1, -0.05) is 72.8 Å². The van der Waals surface area contributed by atoms with Crippen LogP contribution in [-0.4, -0.2) is 39.5 Å². The van der Waals surface area contributed by atoms with Gasteiger partial charge in [0.05, 0.1) is 26.4 Å². The molecule has 5 nitrogen and oxygen atoms in total. The topological polar surface area (TPSA) is 40.2 Å². The number of rotatable bonds is 6. The van der Waals surface area contributed by atoms with Gasteiger partial charge in [-0.15, -0.1) is 0 Å². The molecular weight excluding hydrogens is 570 g/mol. The number of benzene rings is 6. The van der Waals surface area contributed by atoms with Gasteiger partial charge in [0.2, 0.25) is 0 Å². The van der Waals surface area contributed by atoms with Gasteiger partial charge in [0.1, 0.15) is 5.75 Å². The first-order chi connectivity index (χ1) is 22.6. The number of fused-ring (bicyclic) bond motifs is 8. The Labute approximate surface area is 269 Å². The van der Waals surface area contributed by atoms with E-state index in [1.807, 2.05) is 12.1 Å². The minimum absolute atomic E-state index is 0.0361. The lowest BCUT2D eigenvalue weighted by atomic mass is 9.82. The molecule has 6 aromatic carbocycles. The third kappa shape index (κ3) is 4.65. The summed E-state index contributed by atoms with van der Waals surface area (Å²) in [4.78, 5) is 2.37. The van der Waals surface area contributed by atoms with Crippen molar-refractivity contribution < 1.29 is 18.9 Å². The van der Waals surface area contributed by atoms with Crippen LogP contribution in [-0.2, 0) is 10.3 Å². The predicted molar refractivity (Wildman–Crippen MR) is 188 cm³/mol. The van der Waals surface area contributed by atoms with E-state index in [4.69, 9.17) is 18.9 Å². The van der Waals surface area contributed by atoms with Crippen LogP contribution in [0.4, 0.5) is 5.69 Å². The zero-order valence-electron chi connectivity index (χ0n) is 26.5. The van der Waals surface area contributed by atoms with Crippen LogP contribution in [0.1, 0.15) is 30.5 Å². The maximum absolute atomic E-state index is 7.37. The lowest BCUT2D eigenvalue weighted by Gasteiger charge is -2.38. The Kier molecular flexibility index (Phi) is 7.07. The number of anilines is 1. The van der Waals surface area contributed by atoms with Gasteiger partial charge in [0.25, 0.3) is 0 Å². The van der Waals surface area contributed by atoms with Gasteiger partial charge in [-0.05, 0) is 83.3 Å². The maximum Gasteiger partial charge on any atom is 0.178 e. The zero-order valence-corrected chi connectivity index (χ0v) is 26.5. The van der Waals surface area contributed by atoms with E-state index < -0.39 is 5.60 Å². The normalized spacial score (nSPS) is 17.8. The van der Waals surface area contributed by atoms with Gasteiger partial charge in [0, 0.05) is 40.9 Å². The van der Waals surface area contributed by atoms with Crippen molar-refractivity contribution in [1.29, 1.82) is 0 Å². The number of hydrogen-bond acceptors (Lipinski definition) is 5. The SMILES string of the molecule is COc1ccc(C2(c3ccc(N4CCOCC4)cc3)C=Cc3c(c(OC(C)C)cc4c5ccccc5c5ccccc5c34)O2)cc1. The molecular formula is C41H37NO4. The van der Waals surface area contributed by atoms with Crippen molar-refractivity contribution in [1.82, 2.24) is 0 Å². The Bertz CT molecular complexity index is 2090. The van der Waals surface area contributed by atoms with Crippen LogP contribution < -0.4 is 19.1 Å². The van der Waals surface area contributed by atoms with Crippen molar-refractivity contribution in [2.75, 3.05) is 38.3 Å². The molecule has 6 aromatic rings. The molecule has 1 unspecified atom stereocenters. The van der Waals surface area contributed by atoms with Crippen LogP contribution in [0.25, 0.3) is 38.4 Å². The van der Waals surface area contributed by atoms with Crippen LogP contribution >= 0.6 is 0 Å². The highest BCUT2D eigenvalue weighted by molar-refractivity contribution is 6.27. The Morgan fingerprint density at radius 2 is 1.30 bits per heavy atom. The average Bonchev–Trinajstić information content (AvgIpc) is 3.12. The molecule has 2 aliphatic heterocycles. The van der Waals surface area contributed by atoms with E-state index in [1.165, 1.54) is 32.6 Å². The second-order valence-electron chi connectivity index (χ2n) is 12.3. The zero-order chi connectivity index (χ0) is 31.3. The van der Waals surface area contributed by atoms with Crippen molar-refractivity contribution in [3.63, 3.8) is 0 Å². The molecule has 0 radical (unpaired) electrons. The second-order valence-corrected chi connectivity index (χ2v) is 12.3. The van der Waals surface area contributed by atoms with E-state index in [0.29, 0.717) is 0 Å². The van der Waals surface area contributed by atoms with Crippen LogP contribution in [0.5, 0.6) is 17.2 Å². The smallest absolute Gasteiger partial charge is 0.178 e.